The Hall–Kier alpha value is -1.88. The summed E-state index contributed by atoms with van der Waals surface area (Å²) in [4.78, 5) is 15.9. The lowest BCUT2D eigenvalue weighted by Gasteiger charge is -1.98. The third-order valence-electron chi connectivity index (χ3n) is 2.33. The van der Waals surface area contributed by atoms with Gasteiger partial charge in [-0.1, -0.05) is 0 Å². The molecule has 4 nitrogen and oxygen atoms in total. The first-order chi connectivity index (χ1) is 7.61. The van der Waals surface area contributed by atoms with Crippen LogP contribution in [0.1, 0.15) is 15.2 Å². The second-order valence-electron chi connectivity index (χ2n) is 3.34. The largest absolute Gasteiger partial charge is 0.477 e. The number of carboxylic acids is 1. The van der Waals surface area contributed by atoms with Gasteiger partial charge in [0.25, 0.3) is 0 Å². The van der Waals surface area contributed by atoms with Crippen LogP contribution in [0.3, 0.4) is 0 Å². The lowest BCUT2D eigenvalue weighted by Crippen LogP contribution is -1.97. The number of carboxylic acid groups (broad SMARTS) is 1. The molecule has 0 unspecified atom stereocenters. The van der Waals surface area contributed by atoms with Gasteiger partial charge in [-0.3, -0.25) is 4.98 Å². The lowest BCUT2D eigenvalue weighted by molar-refractivity contribution is 0.0703. The Morgan fingerprint density at radius 2 is 2.06 bits per heavy atom. The van der Waals surface area contributed by atoms with E-state index in [2.05, 4.69) is 4.98 Å². The van der Waals surface area contributed by atoms with Gasteiger partial charge in [0.05, 0.1) is 5.69 Å². The molecule has 82 valence electrons. The number of pyridine rings is 1. The first kappa shape index (κ1) is 10.6. The molecule has 2 heterocycles. The molecule has 0 fully saturated rings. The Bertz CT molecular complexity index is 534. The minimum Gasteiger partial charge on any atom is -0.477 e. The standard InChI is InChI=1S/C11H10N2O2S/c1-6-8(12)10(11(14)15)16-9(6)7-2-4-13-5-3-7/h2-5H,12H2,1H3,(H,14,15). The zero-order valence-electron chi connectivity index (χ0n) is 8.60. The number of thiophene rings is 1. The van der Waals surface area contributed by atoms with Crippen molar-refractivity contribution in [2.45, 2.75) is 6.92 Å². The monoisotopic (exact) mass is 234 g/mol. The SMILES string of the molecule is Cc1c(-c2ccncc2)sc(C(=O)O)c1N. The normalized spacial score (nSPS) is 10.3. The van der Waals surface area contributed by atoms with Crippen molar-refractivity contribution in [3.05, 3.63) is 35.0 Å². The molecule has 0 atom stereocenters. The van der Waals surface area contributed by atoms with Crippen molar-refractivity contribution in [3.8, 4) is 10.4 Å². The van der Waals surface area contributed by atoms with Crippen LogP contribution in [-0.2, 0) is 0 Å². The highest BCUT2D eigenvalue weighted by Gasteiger charge is 2.18. The fourth-order valence-electron chi connectivity index (χ4n) is 1.46. The zero-order chi connectivity index (χ0) is 11.7. The molecular weight excluding hydrogens is 224 g/mol. The van der Waals surface area contributed by atoms with Gasteiger partial charge in [-0.15, -0.1) is 11.3 Å². The Morgan fingerprint density at radius 1 is 1.44 bits per heavy atom. The van der Waals surface area contributed by atoms with Crippen LogP contribution >= 0.6 is 11.3 Å². The minimum absolute atomic E-state index is 0.198. The molecule has 0 aromatic carbocycles. The van der Waals surface area contributed by atoms with Crippen LogP contribution < -0.4 is 5.73 Å². The van der Waals surface area contributed by atoms with Crippen LogP contribution in [0, 0.1) is 6.92 Å². The molecule has 0 spiro atoms. The molecule has 3 N–H and O–H groups in total. The first-order valence-electron chi connectivity index (χ1n) is 4.64. The number of aromatic nitrogens is 1. The fourth-order valence-corrected chi connectivity index (χ4v) is 2.54. The second kappa shape index (κ2) is 3.94. The number of hydrogen-bond acceptors (Lipinski definition) is 4. The molecule has 0 saturated heterocycles. The number of rotatable bonds is 2. The maximum Gasteiger partial charge on any atom is 0.348 e. The van der Waals surface area contributed by atoms with Gasteiger partial charge in [-0.05, 0) is 30.2 Å². The van der Waals surface area contributed by atoms with Crippen molar-refractivity contribution in [2.24, 2.45) is 0 Å². The number of aromatic carboxylic acids is 1. The molecule has 2 rings (SSSR count). The van der Waals surface area contributed by atoms with E-state index < -0.39 is 5.97 Å². The van der Waals surface area contributed by atoms with Crippen LogP contribution in [0.5, 0.6) is 0 Å². The predicted octanol–water partition coefficient (Wildman–Crippen LogP) is 2.40. The van der Waals surface area contributed by atoms with Gasteiger partial charge in [0.2, 0.25) is 0 Å². The molecule has 0 saturated carbocycles. The van der Waals surface area contributed by atoms with E-state index in [9.17, 15) is 4.79 Å². The third kappa shape index (κ3) is 1.65. The number of hydrogen-bond donors (Lipinski definition) is 2. The highest BCUT2D eigenvalue weighted by Crippen LogP contribution is 2.37. The summed E-state index contributed by atoms with van der Waals surface area (Å²) in [6, 6.07) is 3.67. The smallest absolute Gasteiger partial charge is 0.348 e. The molecule has 2 aromatic heterocycles. The number of carbonyl (C=O) groups is 1. The third-order valence-corrected chi connectivity index (χ3v) is 3.67. The van der Waals surface area contributed by atoms with Crippen molar-refractivity contribution in [1.82, 2.24) is 4.98 Å². The number of nitrogens with two attached hydrogens (primary N) is 1. The van der Waals surface area contributed by atoms with Gasteiger partial charge in [-0.2, -0.15) is 0 Å². The summed E-state index contributed by atoms with van der Waals surface area (Å²) >= 11 is 1.19. The zero-order valence-corrected chi connectivity index (χ0v) is 9.41. The molecule has 0 radical (unpaired) electrons. The Balaban J connectivity index is 2.60. The van der Waals surface area contributed by atoms with Gasteiger partial charge in [-0.25, -0.2) is 4.79 Å². The van der Waals surface area contributed by atoms with Crippen molar-refractivity contribution in [1.29, 1.82) is 0 Å². The number of nitrogen functional groups attached to an aromatic ring is 1. The minimum atomic E-state index is -0.981. The van der Waals surface area contributed by atoms with E-state index in [0.717, 1.165) is 16.0 Å². The maximum atomic E-state index is 10.9. The average molecular weight is 234 g/mol. The summed E-state index contributed by atoms with van der Waals surface area (Å²) < 4.78 is 0. The topological polar surface area (TPSA) is 76.2 Å². The van der Waals surface area contributed by atoms with Gasteiger partial charge in [0, 0.05) is 17.3 Å². The van der Waals surface area contributed by atoms with Gasteiger partial charge in [0.1, 0.15) is 4.88 Å². The van der Waals surface area contributed by atoms with E-state index >= 15 is 0 Å². The van der Waals surface area contributed by atoms with Gasteiger partial charge < -0.3 is 10.8 Å². The van der Waals surface area contributed by atoms with Crippen LogP contribution in [-0.4, -0.2) is 16.1 Å². The lowest BCUT2D eigenvalue weighted by atomic mass is 10.1. The summed E-state index contributed by atoms with van der Waals surface area (Å²) in [5.41, 5.74) is 7.86. The molecule has 0 aliphatic heterocycles. The summed E-state index contributed by atoms with van der Waals surface area (Å²) in [5, 5.41) is 8.97. The van der Waals surface area contributed by atoms with Crippen LogP contribution in [0.4, 0.5) is 5.69 Å². The van der Waals surface area contributed by atoms with Crippen molar-refractivity contribution in [3.63, 3.8) is 0 Å². The highest BCUT2D eigenvalue weighted by atomic mass is 32.1. The maximum absolute atomic E-state index is 10.9. The van der Waals surface area contributed by atoms with E-state index in [-0.39, 0.29) is 4.88 Å². The summed E-state index contributed by atoms with van der Waals surface area (Å²) in [6.45, 7) is 1.83. The molecule has 0 aliphatic carbocycles. The first-order valence-corrected chi connectivity index (χ1v) is 5.45. The summed E-state index contributed by atoms with van der Waals surface area (Å²) in [7, 11) is 0. The van der Waals surface area contributed by atoms with Gasteiger partial charge in [0.15, 0.2) is 0 Å². The second-order valence-corrected chi connectivity index (χ2v) is 4.36. The molecule has 0 aliphatic rings. The summed E-state index contributed by atoms with van der Waals surface area (Å²) in [6.07, 6.45) is 3.34. The van der Waals surface area contributed by atoms with E-state index in [4.69, 9.17) is 10.8 Å². The molecule has 0 amide bonds. The average Bonchev–Trinajstić information content (AvgIpc) is 2.58. The molecule has 16 heavy (non-hydrogen) atoms. The quantitative estimate of drug-likeness (QED) is 0.836. The van der Waals surface area contributed by atoms with E-state index in [1.807, 2.05) is 19.1 Å². The Morgan fingerprint density at radius 3 is 2.56 bits per heavy atom. The predicted molar refractivity (Wildman–Crippen MR) is 63.7 cm³/mol. The van der Waals surface area contributed by atoms with Gasteiger partial charge >= 0.3 is 5.97 Å². The fraction of sp³-hybridized carbons (Fsp3) is 0.0909. The number of anilines is 1. The molecule has 2 aromatic rings. The van der Waals surface area contributed by atoms with Crippen molar-refractivity contribution >= 4 is 23.0 Å². The van der Waals surface area contributed by atoms with Crippen molar-refractivity contribution < 1.29 is 9.90 Å². The summed E-state index contributed by atoms with van der Waals surface area (Å²) in [5.74, 6) is -0.981. The Kier molecular flexibility index (Phi) is 2.62. The van der Waals surface area contributed by atoms with E-state index in [1.54, 1.807) is 12.4 Å². The Labute approximate surface area is 96.4 Å². The highest BCUT2D eigenvalue weighted by molar-refractivity contribution is 7.18. The van der Waals surface area contributed by atoms with Crippen LogP contribution in [0.15, 0.2) is 24.5 Å². The molecule has 0 bridgehead atoms. The van der Waals surface area contributed by atoms with Crippen LogP contribution in [0.2, 0.25) is 0 Å². The molecule has 5 heteroatoms. The number of nitrogens with zero attached hydrogens (tertiary/aromatic N) is 1. The van der Waals surface area contributed by atoms with E-state index in [0.29, 0.717) is 5.69 Å². The van der Waals surface area contributed by atoms with Crippen LogP contribution in [0.25, 0.3) is 10.4 Å². The van der Waals surface area contributed by atoms with Crippen molar-refractivity contribution in [2.75, 3.05) is 5.73 Å². The van der Waals surface area contributed by atoms with E-state index in [1.165, 1.54) is 11.3 Å². The molecular formula is C11H10N2O2S.